The number of benzene rings is 2. The first-order chi connectivity index (χ1) is 17.2. The number of methoxy groups -OCH3 is 1. The molecule has 1 N–H and O–H groups in total. The van der Waals surface area contributed by atoms with Gasteiger partial charge in [-0.15, -0.1) is 0 Å². The SMILES string of the molecule is COc1c(Cl)cc(Cl)cc1/C(O)=C1\C(=O)C(=O)N(c2nc3cc(Cl)c(F)cc3s2)C1c1ccccn1. The first-order valence-electron chi connectivity index (χ1n) is 10.2. The zero-order valence-electron chi connectivity index (χ0n) is 18.1. The Bertz CT molecular complexity index is 1550. The fourth-order valence-electron chi connectivity index (χ4n) is 3.95. The fourth-order valence-corrected chi connectivity index (χ4v) is 5.68. The Balaban J connectivity index is 1.77. The predicted octanol–water partition coefficient (Wildman–Crippen LogP) is 6.43. The number of fused-ring (bicyclic) bond motifs is 1. The molecule has 4 aromatic rings. The largest absolute Gasteiger partial charge is 0.507 e. The summed E-state index contributed by atoms with van der Waals surface area (Å²) in [6, 6.07) is 9.09. The number of thiazole rings is 1. The number of pyridine rings is 1. The highest BCUT2D eigenvalue weighted by atomic mass is 35.5. The number of carbonyl (C=O) groups excluding carboxylic acids is 2. The lowest BCUT2D eigenvalue weighted by Crippen LogP contribution is -2.29. The van der Waals surface area contributed by atoms with Crippen molar-refractivity contribution >= 4 is 78.9 Å². The molecule has 5 rings (SSSR count). The Labute approximate surface area is 222 Å². The lowest BCUT2D eigenvalue weighted by atomic mass is 9.98. The van der Waals surface area contributed by atoms with E-state index in [-0.39, 0.29) is 42.8 Å². The maximum absolute atomic E-state index is 14.0. The second kappa shape index (κ2) is 9.33. The van der Waals surface area contributed by atoms with Crippen molar-refractivity contribution < 1.29 is 23.8 Å². The number of halogens is 4. The summed E-state index contributed by atoms with van der Waals surface area (Å²) < 4.78 is 19.8. The average Bonchev–Trinajstić information content (AvgIpc) is 3.36. The number of hydrogen-bond acceptors (Lipinski definition) is 7. The average molecular weight is 565 g/mol. The minimum Gasteiger partial charge on any atom is -0.507 e. The zero-order valence-corrected chi connectivity index (χ0v) is 21.2. The molecule has 7 nitrogen and oxygen atoms in total. The smallest absolute Gasteiger partial charge is 0.301 e. The van der Waals surface area contributed by atoms with Gasteiger partial charge in [0.05, 0.1) is 44.2 Å². The Hall–Kier alpha value is -3.24. The van der Waals surface area contributed by atoms with E-state index in [9.17, 15) is 19.1 Å². The highest BCUT2D eigenvalue weighted by Gasteiger charge is 2.49. The van der Waals surface area contributed by atoms with Crippen molar-refractivity contribution in [1.29, 1.82) is 0 Å². The Morgan fingerprint density at radius 2 is 1.92 bits per heavy atom. The van der Waals surface area contributed by atoms with Crippen molar-refractivity contribution in [3.8, 4) is 5.75 Å². The predicted molar refractivity (Wildman–Crippen MR) is 137 cm³/mol. The summed E-state index contributed by atoms with van der Waals surface area (Å²) >= 11 is 19.3. The molecule has 1 fully saturated rings. The number of anilines is 1. The normalized spacial score (nSPS) is 17.2. The van der Waals surface area contributed by atoms with E-state index in [1.165, 1.54) is 37.6 Å². The Kier molecular flexibility index (Phi) is 6.34. The molecule has 2 aromatic heterocycles. The van der Waals surface area contributed by atoms with Gasteiger partial charge in [-0.1, -0.05) is 52.2 Å². The molecule has 1 atom stereocenters. The monoisotopic (exact) mass is 563 g/mol. The lowest BCUT2D eigenvalue weighted by molar-refractivity contribution is -0.132. The molecular weight excluding hydrogens is 552 g/mol. The third kappa shape index (κ3) is 3.98. The highest BCUT2D eigenvalue weighted by molar-refractivity contribution is 7.22. The van der Waals surface area contributed by atoms with Gasteiger partial charge in [0.15, 0.2) is 5.13 Å². The van der Waals surface area contributed by atoms with E-state index in [0.717, 1.165) is 16.2 Å². The molecule has 0 bridgehead atoms. The highest BCUT2D eigenvalue weighted by Crippen LogP contribution is 2.46. The van der Waals surface area contributed by atoms with Gasteiger partial charge in [0.25, 0.3) is 5.78 Å². The molecule has 0 spiro atoms. The molecule has 0 saturated carbocycles. The Morgan fingerprint density at radius 1 is 1.14 bits per heavy atom. The molecular formula is C24H13Cl3FN3O4S. The summed E-state index contributed by atoms with van der Waals surface area (Å²) in [6.07, 6.45) is 1.49. The van der Waals surface area contributed by atoms with E-state index in [2.05, 4.69) is 9.97 Å². The van der Waals surface area contributed by atoms with E-state index in [1.54, 1.807) is 18.2 Å². The van der Waals surface area contributed by atoms with Crippen LogP contribution in [-0.4, -0.2) is 33.9 Å². The molecule has 1 aliphatic rings. The van der Waals surface area contributed by atoms with Gasteiger partial charge in [0, 0.05) is 11.2 Å². The van der Waals surface area contributed by atoms with Crippen LogP contribution in [0.15, 0.2) is 54.2 Å². The van der Waals surface area contributed by atoms with Crippen LogP contribution >= 0.6 is 46.1 Å². The molecule has 0 aliphatic carbocycles. The Morgan fingerprint density at radius 3 is 2.61 bits per heavy atom. The standard InChI is InChI=1S/C24H13Cl3FN3O4S/c1-35-22-11(6-10(25)7-13(22)27)20(32)18-19(15-4-2-3-5-29-15)31(23(34)21(18)33)24-30-16-8-12(26)14(28)9-17(16)36-24/h2-9,19,32H,1H3/b20-18+. The van der Waals surface area contributed by atoms with Crippen LogP contribution in [0.4, 0.5) is 9.52 Å². The van der Waals surface area contributed by atoms with Crippen molar-refractivity contribution in [3.05, 3.63) is 86.4 Å². The molecule has 3 heterocycles. The summed E-state index contributed by atoms with van der Waals surface area (Å²) in [5.74, 6) is -3.07. The second-order valence-corrected chi connectivity index (χ2v) is 9.88. The molecule has 36 heavy (non-hydrogen) atoms. The number of aliphatic hydroxyl groups excluding tert-OH is 1. The maximum Gasteiger partial charge on any atom is 0.301 e. The lowest BCUT2D eigenvalue weighted by Gasteiger charge is -2.22. The molecule has 1 saturated heterocycles. The van der Waals surface area contributed by atoms with E-state index >= 15 is 0 Å². The number of amides is 1. The molecule has 2 aromatic carbocycles. The van der Waals surface area contributed by atoms with Crippen LogP contribution in [0.1, 0.15) is 17.3 Å². The van der Waals surface area contributed by atoms with Crippen LogP contribution in [0, 0.1) is 5.82 Å². The summed E-state index contributed by atoms with van der Waals surface area (Å²) in [7, 11) is 1.34. The second-order valence-electron chi connectivity index (χ2n) is 7.62. The van der Waals surface area contributed by atoms with Crippen LogP contribution in [0.2, 0.25) is 15.1 Å². The molecule has 1 unspecified atom stereocenters. The third-order valence-electron chi connectivity index (χ3n) is 5.51. The van der Waals surface area contributed by atoms with Gasteiger partial charge in [-0.2, -0.15) is 0 Å². The molecule has 182 valence electrons. The van der Waals surface area contributed by atoms with Gasteiger partial charge in [0.1, 0.15) is 23.4 Å². The van der Waals surface area contributed by atoms with Crippen LogP contribution in [0.25, 0.3) is 16.0 Å². The first-order valence-corrected chi connectivity index (χ1v) is 12.2. The number of carbonyl (C=O) groups is 2. The number of nitrogens with zero attached hydrogens (tertiary/aromatic N) is 3. The summed E-state index contributed by atoms with van der Waals surface area (Å²) in [6.45, 7) is 0. The van der Waals surface area contributed by atoms with Crippen molar-refractivity contribution in [1.82, 2.24) is 9.97 Å². The minimum atomic E-state index is -1.16. The molecule has 1 aliphatic heterocycles. The van der Waals surface area contributed by atoms with Crippen LogP contribution < -0.4 is 9.64 Å². The van der Waals surface area contributed by atoms with Crippen molar-refractivity contribution in [2.75, 3.05) is 12.0 Å². The van der Waals surface area contributed by atoms with Gasteiger partial charge in [-0.05, 0) is 36.4 Å². The quantitative estimate of drug-likeness (QED) is 0.175. The van der Waals surface area contributed by atoms with Crippen molar-refractivity contribution in [2.24, 2.45) is 0 Å². The number of aromatic nitrogens is 2. The van der Waals surface area contributed by atoms with E-state index in [1.807, 2.05) is 0 Å². The summed E-state index contributed by atoms with van der Waals surface area (Å²) in [4.78, 5) is 36.5. The van der Waals surface area contributed by atoms with Crippen molar-refractivity contribution in [2.45, 2.75) is 6.04 Å². The molecule has 12 heteroatoms. The number of rotatable bonds is 4. The third-order valence-corrected chi connectivity index (χ3v) is 7.31. The number of hydrogen-bond donors (Lipinski definition) is 1. The van der Waals surface area contributed by atoms with Crippen LogP contribution in [0.5, 0.6) is 5.75 Å². The minimum absolute atomic E-state index is 0.0204. The summed E-state index contributed by atoms with van der Waals surface area (Å²) in [5, 5.41) is 11.6. The van der Waals surface area contributed by atoms with Gasteiger partial charge >= 0.3 is 5.91 Å². The topological polar surface area (TPSA) is 92.6 Å². The summed E-state index contributed by atoms with van der Waals surface area (Å²) in [5.41, 5.74) is 0.381. The van der Waals surface area contributed by atoms with Crippen molar-refractivity contribution in [3.63, 3.8) is 0 Å². The van der Waals surface area contributed by atoms with Crippen LogP contribution in [-0.2, 0) is 9.59 Å². The zero-order chi connectivity index (χ0) is 25.7. The van der Waals surface area contributed by atoms with E-state index < -0.39 is 29.3 Å². The number of ketones is 1. The fraction of sp³-hybridized carbons (Fsp3) is 0.0833. The van der Waals surface area contributed by atoms with E-state index in [4.69, 9.17) is 39.5 Å². The van der Waals surface area contributed by atoms with E-state index in [0.29, 0.717) is 10.2 Å². The first kappa shape index (κ1) is 24.5. The van der Waals surface area contributed by atoms with Gasteiger partial charge < -0.3 is 9.84 Å². The maximum atomic E-state index is 14.0. The molecule has 1 amide bonds. The van der Waals surface area contributed by atoms with Crippen LogP contribution in [0.3, 0.4) is 0 Å². The number of ether oxygens (including phenoxy) is 1. The number of Topliss-reactive ketones (excluding diaryl/α,β-unsaturated/α-hetero) is 1. The number of aliphatic hydroxyl groups is 1. The molecule has 0 radical (unpaired) electrons. The van der Waals surface area contributed by atoms with Gasteiger partial charge in [-0.25, -0.2) is 9.37 Å². The van der Waals surface area contributed by atoms with Gasteiger partial charge in [-0.3, -0.25) is 19.5 Å². The van der Waals surface area contributed by atoms with Gasteiger partial charge in [0.2, 0.25) is 0 Å².